The zero-order valence-electron chi connectivity index (χ0n) is 11.0. The number of benzene rings is 1. The second kappa shape index (κ2) is 6.73. The molecule has 1 saturated heterocycles. The minimum absolute atomic E-state index is 0.0620. The predicted molar refractivity (Wildman–Crippen MR) is 69.9 cm³/mol. The van der Waals surface area contributed by atoms with Gasteiger partial charge in [-0.2, -0.15) is 0 Å². The fourth-order valence-corrected chi connectivity index (χ4v) is 2.16. The Morgan fingerprint density at radius 2 is 2.17 bits per heavy atom. The summed E-state index contributed by atoms with van der Waals surface area (Å²) < 4.78 is 16.2. The second-order valence-corrected chi connectivity index (χ2v) is 4.45. The highest BCUT2D eigenvalue weighted by atomic mass is 16.7. The van der Waals surface area contributed by atoms with Gasteiger partial charge in [-0.25, -0.2) is 0 Å². The normalized spacial score (nSPS) is 17.9. The van der Waals surface area contributed by atoms with Crippen molar-refractivity contribution < 1.29 is 14.2 Å². The number of hydrogen-bond donors (Lipinski definition) is 1. The van der Waals surface area contributed by atoms with E-state index in [2.05, 4.69) is 17.4 Å². The molecule has 2 rings (SSSR count). The van der Waals surface area contributed by atoms with E-state index in [1.54, 1.807) is 7.11 Å². The molecule has 4 heteroatoms. The number of methoxy groups -OCH3 is 1. The zero-order chi connectivity index (χ0) is 12.8. The summed E-state index contributed by atoms with van der Waals surface area (Å²) in [5.74, 6) is 0.899. The summed E-state index contributed by atoms with van der Waals surface area (Å²) >= 11 is 0. The number of likely N-dealkylation sites (N-methyl/N-ethyl adjacent to an activating group) is 1. The van der Waals surface area contributed by atoms with E-state index in [0.717, 1.165) is 18.6 Å². The van der Waals surface area contributed by atoms with E-state index in [0.29, 0.717) is 19.3 Å². The Morgan fingerprint density at radius 3 is 2.83 bits per heavy atom. The molecule has 1 fully saturated rings. The minimum Gasteiger partial charge on any atom is -0.497 e. The van der Waals surface area contributed by atoms with Gasteiger partial charge in [0.25, 0.3) is 0 Å². The Hall–Kier alpha value is -1.10. The Balaban J connectivity index is 1.91. The maximum Gasteiger partial charge on any atom is 0.159 e. The molecule has 4 nitrogen and oxygen atoms in total. The third-order valence-corrected chi connectivity index (χ3v) is 3.19. The first-order valence-electron chi connectivity index (χ1n) is 6.35. The molecule has 18 heavy (non-hydrogen) atoms. The Bertz CT molecular complexity index is 364. The lowest BCUT2D eigenvalue weighted by Crippen LogP contribution is -2.32. The quantitative estimate of drug-likeness (QED) is 0.833. The van der Waals surface area contributed by atoms with E-state index >= 15 is 0 Å². The summed E-state index contributed by atoms with van der Waals surface area (Å²) in [5, 5.41) is 3.31. The van der Waals surface area contributed by atoms with Gasteiger partial charge in [-0.3, -0.25) is 0 Å². The highest BCUT2D eigenvalue weighted by molar-refractivity contribution is 5.28. The fraction of sp³-hybridized carbons (Fsp3) is 0.571. The van der Waals surface area contributed by atoms with Crippen molar-refractivity contribution in [1.29, 1.82) is 0 Å². The van der Waals surface area contributed by atoms with E-state index in [4.69, 9.17) is 14.2 Å². The maximum absolute atomic E-state index is 5.48. The van der Waals surface area contributed by atoms with Crippen LogP contribution in [0.1, 0.15) is 12.0 Å². The van der Waals surface area contributed by atoms with Crippen LogP contribution in [0.15, 0.2) is 24.3 Å². The molecular formula is C14H21NO3. The van der Waals surface area contributed by atoms with E-state index in [1.165, 1.54) is 5.56 Å². The first-order chi connectivity index (χ1) is 8.81. The summed E-state index contributed by atoms with van der Waals surface area (Å²) in [6.07, 6.45) is 1.75. The van der Waals surface area contributed by atoms with Crippen LogP contribution in [-0.2, 0) is 15.9 Å². The summed E-state index contributed by atoms with van der Waals surface area (Å²) in [4.78, 5) is 0. The molecule has 1 unspecified atom stereocenters. The standard InChI is InChI=1S/C14H21NO3/c1-15-12(10-14-17-6-7-18-14)8-11-4-3-5-13(9-11)16-2/h3-5,9,12,14-15H,6-8,10H2,1-2H3. The van der Waals surface area contributed by atoms with Gasteiger partial charge in [-0.05, 0) is 31.2 Å². The zero-order valence-corrected chi connectivity index (χ0v) is 11.0. The lowest BCUT2D eigenvalue weighted by molar-refractivity contribution is -0.0522. The van der Waals surface area contributed by atoms with Gasteiger partial charge in [0.1, 0.15) is 5.75 Å². The molecule has 0 bridgehead atoms. The molecule has 1 aromatic carbocycles. The summed E-state index contributed by atoms with van der Waals surface area (Å²) in [7, 11) is 3.66. The van der Waals surface area contributed by atoms with E-state index in [-0.39, 0.29) is 6.29 Å². The van der Waals surface area contributed by atoms with Gasteiger partial charge in [0.05, 0.1) is 20.3 Å². The molecule has 1 heterocycles. The molecule has 0 amide bonds. The topological polar surface area (TPSA) is 39.7 Å². The average Bonchev–Trinajstić information content (AvgIpc) is 2.91. The van der Waals surface area contributed by atoms with Crippen molar-refractivity contribution in [3.05, 3.63) is 29.8 Å². The van der Waals surface area contributed by atoms with Crippen LogP contribution in [-0.4, -0.2) is 39.7 Å². The molecule has 1 aliphatic heterocycles. The van der Waals surface area contributed by atoms with Crippen LogP contribution in [0.3, 0.4) is 0 Å². The fourth-order valence-electron chi connectivity index (χ4n) is 2.16. The number of ether oxygens (including phenoxy) is 3. The number of nitrogens with one attached hydrogen (secondary N) is 1. The Morgan fingerprint density at radius 1 is 1.39 bits per heavy atom. The molecule has 100 valence electrons. The summed E-state index contributed by atoms with van der Waals surface area (Å²) in [6, 6.07) is 8.51. The SMILES string of the molecule is CNC(Cc1cccc(OC)c1)CC1OCCO1. The third-order valence-electron chi connectivity index (χ3n) is 3.19. The van der Waals surface area contributed by atoms with Gasteiger partial charge < -0.3 is 19.5 Å². The smallest absolute Gasteiger partial charge is 0.159 e. The Labute approximate surface area is 108 Å². The van der Waals surface area contributed by atoms with E-state index in [1.807, 2.05) is 19.2 Å². The lowest BCUT2D eigenvalue weighted by atomic mass is 10.0. The molecule has 0 aromatic heterocycles. The molecule has 1 atom stereocenters. The second-order valence-electron chi connectivity index (χ2n) is 4.45. The van der Waals surface area contributed by atoms with Crippen LogP contribution in [0.5, 0.6) is 5.75 Å². The van der Waals surface area contributed by atoms with Crippen molar-refractivity contribution in [3.8, 4) is 5.75 Å². The highest BCUT2D eigenvalue weighted by Gasteiger charge is 2.20. The van der Waals surface area contributed by atoms with Crippen molar-refractivity contribution in [2.75, 3.05) is 27.4 Å². The monoisotopic (exact) mass is 251 g/mol. The van der Waals surface area contributed by atoms with Crippen molar-refractivity contribution in [1.82, 2.24) is 5.32 Å². The molecule has 0 spiro atoms. The van der Waals surface area contributed by atoms with E-state index in [9.17, 15) is 0 Å². The van der Waals surface area contributed by atoms with Crippen LogP contribution in [0.2, 0.25) is 0 Å². The average molecular weight is 251 g/mol. The summed E-state index contributed by atoms with van der Waals surface area (Å²) in [6.45, 7) is 1.42. The van der Waals surface area contributed by atoms with Crippen LogP contribution < -0.4 is 10.1 Å². The third kappa shape index (κ3) is 3.70. The molecule has 0 radical (unpaired) electrons. The van der Waals surface area contributed by atoms with Crippen molar-refractivity contribution in [2.24, 2.45) is 0 Å². The summed E-state index contributed by atoms with van der Waals surface area (Å²) in [5.41, 5.74) is 1.26. The number of hydrogen-bond acceptors (Lipinski definition) is 4. The van der Waals surface area contributed by atoms with Crippen LogP contribution in [0, 0.1) is 0 Å². The van der Waals surface area contributed by atoms with Crippen molar-refractivity contribution in [2.45, 2.75) is 25.2 Å². The largest absolute Gasteiger partial charge is 0.497 e. The number of rotatable bonds is 6. The molecule has 1 aromatic rings. The molecular weight excluding hydrogens is 230 g/mol. The molecule has 1 N–H and O–H groups in total. The van der Waals surface area contributed by atoms with Gasteiger partial charge in [0, 0.05) is 12.5 Å². The first-order valence-corrected chi connectivity index (χ1v) is 6.35. The van der Waals surface area contributed by atoms with Crippen LogP contribution >= 0.6 is 0 Å². The predicted octanol–water partition coefficient (Wildman–Crippen LogP) is 1.59. The van der Waals surface area contributed by atoms with Gasteiger partial charge in [0.2, 0.25) is 0 Å². The minimum atomic E-state index is -0.0620. The van der Waals surface area contributed by atoms with Crippen LogP contribution in [0.4, 0.5) is 0 Å². The van der Waals surface area contributed by atoms with Gasteiger partial charge in [-0.15, -0.1) is 0 Å². The Kier molecular flexibility index (Phi) is 4.99. The van der Waals surface area contributed by atoms with E-state index < -0.39 is 0 Å². The first kappa shape index (κ1) is 13.3. The molecule has 0 aliphatic carbocycles. The molecule has 1 aliphatic rings. The van der Waals surface area contributed by atoms with Crippen molar-refractivity contribution in [3.63, 3.8) is 0 Å². The van der Waals surface area contributed by atoms with Gasteiger partial charge in [-0.1, -0.05) is 12.1 Å². The van der Waals surface area contributed by atoms with Crippen LogP contribution in [0.25, 0.3) is 0 Å². The highest BCUT2D eigenvalue weighted by Crippen LogP contribution is 2.17. The lowest BCUT2D eigenvalue weighted by Gasteiger charge is -2.19. The maximum atomic E-state index is 5.48. The van der Waals surface area contributed by atoms with Gasteiger partial charge in [0.15, 0.2) is 6.29 Å². The van der Waals surface area contributed by atoms with Gasteiger partial charge >= 0.3 is 0 Å². The van der Waals surface area contributed by atoms with Crippen molar-refractivity contribution >= 4 is 0 Å². The molecule has 0 saturated carbocycles.